The van der Waals surface area contributed by atoms with E-state index in [2.05, 4.69) is 20.5 Å². The first-order chi connectivity index (χ1) is 13.5. The predicted octanol–water partition coefficient (Wildman–Crippen LogP) is 3.66. The molecule has 1 amide bonds. The molecule has 0 radical (unpaired) electrons. The van der Waals surface area contributed by atoms with Gasteiger partial charge in [-0.3, -0.25) is 14.5 Å². The number of nitrogens with zero attached hydrogens (tertiary/aromatic N) is 2. The van der Waals surface area contributed by atoms with Gasteiger partial charge in [-0.1, -0.05) is 31.5 Å². The van der Waals surface area contributed by atoms with E-state index in [4.69, 9.17) is 11.6 Å². The van der Waals surface area contributed by atoms with Gasteiger partial charge in [0.15, 0.2) is 0 Å². The van der Waals surface area contributed by atoms with Crippen molar-refractivity contribution < 1.29 is 9.59 Å². The molecule has 1 fully saturated rings. The van der Waals surface area contributed by atoms with Crippen molar-refractivity contribution in [2.75, 3.05) is 25.5 Å². The van der Waals surface area contributed by atoms with E-state index in [0.717, 1.165) is 37.8 Å². The average Bonchev–Trinajstić information content (AvgIpc) is 2.73. The number of allylic oxidation sites excluding steroid dienone is 2. The van der Waals surface area contributed by atoms with Gasteiger partial charge in [-0.2, -0.15) is 0 Å². The second-order valence-electron chi connectivity index (χ2n) is 6.29. The van der Waals surface area contributed by atoms with Gasteiger partial charge in [-0.15, -0.1) is 0 Å². The summed E-state index contributed by atoms with van der Waals surface area (Å²) in [6, 6.07) is 3.10. The van der Waals surface area contributed by atoms with E-state index in [9.17, 15) is 9.59 Å². The molecule has 2 atom stereocenters. The zero-order valence-electron chi connectivity index (χ0n) is 17.1. The van der Waals surface area contributed by atoms with Crippen molar-refractivity contribution in [1.82, 2.24) is 15.2 Å². The Morgan fingerprint density at radius 3 is 2.75 bits per heavy atom. The van der Waals surface area contributed by atoms with Crippen LogP contribution in [0.1, 0.15) is 33.6 Å². The van der Waals surface area contributed by atoms with Crippen LogP contribution in [0.4, 0.5) is 5.82 Å². The molecule has 0 aromatic carbocycles. The number of aromatic nitrogens is 1. The highest BCUT2D eigenvalue weighted by Crippen LogP contribution is 2.26. The summed E-state index contributed by atoms with van der Waals surface area (Å²) in [6.07, 6.45) is 9.56. The second-order valence-corrected chi connectivity index (χ2v) is 6.73. The van der Waals surface area contributed by atoms with Crippen molar-refractivity contribution in [3.63, 3.8) is 0 Å². The smallest absolute Gasteiger partial charge is 0.242 e. The molecule has 1 aliphatic heterocycles. The summed E-state index contributed by atoms with van der Waals surface area (Å²) < 4.78 is 0. The van der Waals surface area contributed by atoms with E-state index in [-0.39, 0.29) is 17.9 Å². The van der Waals surface area contributed by atoms with Gasteiger partial charge in [0.25, 0.3) is 0 Å². The van der Waals surface area contributed by atoms with E-state index in [1.54, 1.807) is 12.1 Å². The van der Waals surface area contributed by atoms with Gasteiger partial charge in [0.05, 0.1) is 11.1 Å². The van der Waals surface area contributed by atoms with Crippen molar-refractivity contribution in [3.05, 3.63) is 47.3 Å². The first-order valence-electron chi connectivity index (χ1n) is 9.70. The molecule has 1 aliphatic rings. The first kappa shape index (κ1) is 23.9. The number of nitrogens with one attached hydrogen (secondary N) is 2. The molecular formula is C21H31ClN4O2. The fraction of sp³-hybridized carbons (Fsp3) is 0.476. The molecule has 0 saturated carbocycles. The molecular weight excluding hydrogens is 376 g/mol. The zero-order chi connectivity index (χ0) is 20.9. The largest absolute Gasteiger partial charge is 0.394 e. The molecule has 7 heteroatoms. The van der Waals surface area contributed by atoms with Crippen molar-refractivity contribution in [2.45, 2.75) is 39.7 Å². The fourth-order valence-electron chi connectivity index (χ4n) is 3.10. The summed E-state index contributed by atoms with van der Waals surface area (Å²) in [5, 5.41) is 6.39. The zero-order valence-corrected chi connectivity index (χ0v) is 17.9. The highest BCUT2D eigenvalue weighted by molar-refractivity contribution is 6.30. The van der Waals surface area contributed by atoms with Crippen molar-refractivity contribution in [3.8, 4) is 0 Å². The SMILES string of the molecule is CC.CN/C=C(\C=C/C=O)C1CCCN(C(C)C(=O)Nc2ccc(Cl)cn2)C1. The van der Waals surface area contributed by atoms with Crippen LogP contribution in [-0.4, -0.2) is 48.3 Å². The van der Waals surface area contributed by atoms with E-state index in [1.165, 1.54) is 12.3 Å². The standard InChI is InChI=1S/C19H25ClN4O2.C2H6/c1-14(19(26)23-18-8-7-17(20)12-22-18)24-9-3-5-16(13-24)15(11-21-2)6-4-10-25;1-2/h4,6-8,10-12,14,16,21H,3,5,9,13H2,1-2H3,(H,22,23,26);1-2H3/b6-4-,15-11+;. The van der Waals surface area contributed by atoms with Gasteiger partial charge in [0.1, 0.15) is 12.1 Å². The normalized spacial score (nSPS) is 18.8. The van der Waals surface area contributed by atoms with Crippen molar-refractivity contribution >= 4 is 29.6 Å². The molecule has 154 valence electrons. The number of piperidine rings is 1. The Hall–Kier alpha value is -2.18. The molecule has 6 nitrogen and oxygen atoms in total. The van der Waals surface area contributed by atoms with Crippen LogP contribution in [0.5, 0.6) is 0 Å². The van der Waals surface area contributed by atoms with E-state index in [1.807, 2.05) is 40.1 Å². The predicted molar refractivity (Wildman–Crippen MR) is 115 cm³/mol. The molecule has 2 unspecified atom stereocenters. The van der Waals surface area contributed by atoms with Gasteiger partial charge in [0.2, 0.25) is 5.91 Å². The monoisotopic (exact) mass is 406 g/mol. The Morgan fingerprint density at radius 1 is 1.39 bits per heavy atom. The molecule has 1 aromatic rings. The summed E-state index contributed by atoms with van der Waals surface area (Å²) in [5.74, 6) is 0.670. The molecule has 2 rings (SSSR count). The Bertz CT molecular complexity index is 673. The second kappa shape index (κ2) is 13.1. The molecule has 0 aliphatic carbocycles. The van der Waals surface area contributed by atoms with Crippen LogP contribution in [-0.2, 0) is 9.59 Å². The van der Waals surface area contributed by atoms with Crippen LogP contribution < -0.4 is 10.6 Å². The maximum absolute atomic E-state index is 12.6. The molecule has 0 spiro atoms. The summed E-state index contributed by atoms with van der Waals surface area (Å²) in [4.78, 5) is 29.5. The number of hydrogen-bond donors (Lipinski definition) is 2. The number of aldehydes is 1. The molecule has 28 heavy (non-hydrogen) atoms. The fourth-order valence-corrected chi connectivity index (χ4v) is 3.21. The summed E-state index contributed by atoms with van der Waals surface area (Å²) in [5.41, 5.74) is 1.07. The van der Waals surface area contributed by atoms with E-state index in [0.29, 0.717) is 10.8 Å². The third-order valence-corrected chi connectivity index (χ3v) is 4.73. The minimum Gasteiger partial charge on any atom is -0.394 e. The lowest BCUT2D eigenvalue weighted by Crippen LogP contribution is -2.47. The molecule has 2 N–H and O–H groups in total. The van der Waals surface area contributed by atoms with Crippen LogP contribution >= 0.6 is 11.6 Å². The van der Waals surface area contributed by atoms with Gasteiger partial charge in [-0.05, 0) is 62.2 Å². The number of pyridine rings is 1. The van der Waals surface area contributed by atoms with Crippen molar-refractivity contribution in [1.29, 1.82) is 0 Å². The van der Waals surface area contributed by atoms with Crippen LogP contribution in [0.25, 0.3) is 0 Å². The number of amides is 1. The summed E-state index contributed by atoms with van der Waals surface area (Å²) in [7, 11) is 1.84. The number of hydrogen-bond acceptors (Lipinski definition) is 5. The lowest BCUT2D eigenvalue weighted by Gasteiger charge is -2.36. The summed E-state index contributed by atoms with van der Waals surface area (Å²) >= 11 is 5.82. The Labute approximate surface area is 173 Å². The van der Waals surface area contributed by atoms with Crippen molar-refractivity contribution in [2.24, 2.45) is 5.92 Å². The van der Waals surface area contributed by atoms with Crippen LogP contribution in [0.3, 0.4) is 0 Å². The minimum atomic E-state index is -0.277. The van der Waals surface area contributed by atoms with Gasteiger partial charge in [-0.25, -0.2) is 4.98 Å². The molecule has 1 aromatic heterocycles. The molecule has 2 heterocycles. The molecule has 1 saturated heterocycles. The topological polar surface area (TPSA) is 74.3 Å². The van der Waals surface area contributed by atoms with Crippen LogP contribution in [0.2, 0.25) is 5.02 Å². The highest BCUT2D eigenvalue weighted by atomic mass is 35.5. The summed E-state index contributed by atoms with van der Waals surface area (Å²) in [6.45, 7) is 7.53. The Kier molecular flexibility index (Phi) is 11.1. The third kappa shape index (κ3) is 7.44. The van der Waals surface area contributed by atoms with Crippen LogP contribution in [0, 0.1) is 5.92 Å². The Morgan fingerprint density at radius 2 is 2.14 bits per heavy atom. The first-order valence-corrected chi connectivity index (χ1v) is 10.1. The quantitative estimate of drug-likeness (QED) is 0.410. The number of likely N-dealkylation sites (tertiary alicyclic amines) is 1. The number of rotatable bonds is 7. The number of carbonyl (C=O) groups excluding carboxylic acids is 2. The lowest BCUT2D eigenvalue weighted by molar-refractivity contribution is -0.121. The van der Waals surface area contributed by atoms with Crippen LogP contribution in [0.15, 0.2) is 42.3 Å². The Balaban J connectivity index is 0.00000190. The maximum atomic E-state index is 12.6. The molecule has 0 bridgehead atoms. The lowest BCUT2D eigenvalue weighted by atomic mass is 9.89. The van der Waals surface area contributed by atoms with Gasteiger partial charge >= 0.3 is 0 Å². The maximum Gasteiger partial charge on any atom is 0.242 e. The average molecular weight is 407 g/mol. The minimum absolute atomic E-state index is 0.0944. The third-order valence-electron chi connectivity index (χ3n) is 4.51. The van der Waals surface area contributed by atoms with E-state index < -0.39 is 0 Å². The highest BCUT2D eigenvalue weighted by Gasteiger charge is 2.28. The van der Waals surface area contributed by atoms with Gasteiger partial charge in [0, 0.05) is 19.8 Å². The number of anilines is 1. The van der Waals surface area contributed by atoms with Gasteiger partial charge < -0.3 is 10.6 Å². The van der Waals surface area contributed by atoms with E-state index >= 15 is 0 Å². The number of halogens is 1. The number of carbonyl (C=O) groups is 2.